The smallest absolute Gasteiger partial charge is 0.0547 e. The number of anilines is 3. The Bertz CT molecular complexity index is 3800. The highest BCUT2D eigenvalue weighted by molar-refractivity contribution is 6.10. The summed E-state index contributed by atoms with van der Waals surface area (Å²) in [5.74, 6) is 18.8. The molecule has 0 saturated heterocycles. The molecular formula is C79H78N2. The van der Waals surface area contributed by atoms with E-state index in [1.54, 1.807) is 11.1 Å². The minimum Gasteiger partial charge on any atom is -0.311 e. The number of terminal acetylenes is 1. The van der Waals surface area contributed by atoms with Gasteiger partial charge in [0.05, 0.1) is 11.0 Å². The fraction of sp³-hybridized carbons (Fsp3) is 0.291. The molecule has 0 aliphatic heterocycles. The van der Waals surface area contributed by atoms with Gasteiger partial charge in [0, 0.05) is 44.5 Å². The molecule has 9 aromatic rings. The van der Waals surface area contributed by atoms with Gasteiger partial charge in [0.25, 0.3) is 0 Å². The Morgan fingerprint density at radius 1 is 0.407 bits per heavy atom. The number of benzene rings is 8. The molecule has 0 N–H and O–H groups in total. The minimum atomic E-state index is 0.0363. The zero-order valence-electron chi connectivity index (χ0n) is 48.4. The molecule has 0 unspecified atom stereocenters. The van der Waals surface area contributed by atoms with Crippen LogP contribution in [0, 0.1) is 61.7 Å². The zero-order valence-corrected chi connectivity index (χ0v) is 48.4. The second-order valence-corrected chi connectivity index (χ2v) is 22.6. The van der Waals surface area contributed by atoms with Gasteiger partial charge >= 0.3 is 0 Å². The Kier molecular flexibility index (Phi) is 18.8. The third kappa shape index (κ3) is 13.0. The minimum absolute atomic E-state index is 0.0363. The number of rotatable bonds is 24. The first kappa shape index (κ1) is 55.9. The summed E-state index contributed by atoms with van der Waals surface area (Å²) in [6, 6.07) is 66.0. The third-order valence-electron chi connectivity index (χ3n) is 17.0. The summed E-state index contributed by atoms with van der Waals surface area (Å²) in [5, 5.41) is 2.43. The Morgan fingerprint density at radius 2 is 0.877 bits per heavy atom. The number of hydrogen-bond donors (Lipinski definition) is 0. The van der Waals surface area contributed by atoms with Gasteiger partial charge in [0.1, 0.15) is 0 Å². The summed E-state index contributed by atoms with van der Waals surface area (Å²) < 4.78 is 2.35. The maximum atomic E-state index is 5.20. The van der Waals surface area contributed by atoms with Crippen molar-refractivity contribution in [3.63, 3.8) is 0 Å². The van der Waals surface area contributed by atoms with Crippen molar-refractivity contribution in [2.24, 2.45) is 0 Å². The lowest BCUT2D eigenvalue weighted by atomic mass is 9.70. The van der Waals surface area contributed by atoms with E-state index in [-0.39, 0.29) is 5.41 Å². The van der Waals surface area contributed by atoms with Gasteiger partial charge in [0.15, 0.2) is 0 Å². The van der Waals surface area contributed by atoms with Crippen LogP contribution in [0.15, 0.2) is 176 Å². The fourth-order valence-electron chi connectivity index (χ4n) is 12.7. The van der Waals surface area contributed by atoms with Gasteiger partial charge < -0.3 is 9.47 Å². The van der Waals surface area contributed by atoms with Crippen molar-refractivity contribution < 1.29 is 0 Å². The summed E-state index contributed by atoms with van der Waals surface area (Å²) in [7, 11) is 0. The first-order chi connectivity index (χ1) is 39.9. The molecule has 0 atom stereocenters. The van der Waals surface area contributed by atoms with Crippen LogP contribution in [0.1, 0.15) is 157 Å². The molecule has 0 fully saturated rings. The number of aromatic nitrogens is 1. The van der Waals surface area contributed by atoms with E-state index >= 15 is 0 Å². The van der Waals surface area contributed by atoms with Crippen LogP contribution in [-0.2, 0) is 5.41 Å². The number of unbranched alkanes of at least 4 members (excludes halogenated alkanes) is 14. The van der Waals surface area contributed by atoms with Gasteiger partial charge in [-0.2, -0.15) is 0 Å². The van der Waals surface area contributed by atoms with Crippen LogP contribution >= 0.6 is 0 Å². The van der Waals surface area contributed by atoms with E-state index in [1.165, 1.54) is 160 Å². The average Bonchev–Trinajstić information content (AvgIpc) is 4.12. The molecule has 10 rings (SSSR count). The largest absolute Gasteiger partial charge is 0.311 e. The van der Waals surface area contributed by atoms with Crippen LogP contribution in [0.5, 0.6) is 0 Å². The quantitative estimate of drug-likeness (QED) is 0.0432. The van der Waals surface area contributed by atoms with E-state index in [2.05, 4.69) is 242 Å². The van der Waals surface area contributed by atoms with Crippen LogP contribution in [0.2, 0.25) is 0 Å². The predicted molar refractivity (Wildman–Crippen MR) is 348 cm³/mol. The van der Waals surface area contributed by atoms with Gasteiger partial charge in [-0.1, -0.05) is 231 Å². The fourth-order valence-corrected chi connectivity index (χ4v) is 12.7. The third-order valence-corrected chi connectivity index (χ3v) is 17.0. The van der Waals surface area contributed by atoms with Gasteiger partial charge in [-0.05, 0) is 186 Å². The van der Waals surface area contributed by atoms with Gasteiger partial charge in [-0.3, -0.25) is 0 Å². The monoisotopic (exact) mass is 1050 g/mol. The van der Waals surface area contributed by atoms with E-state index in [1.807, 2.05) is 12.1 Å². The van der Waals surface area contributed by atoms with Crippen molar-refractivity contribution in [3.8, 4) is 86.9 Å². The molecule has 2 heteroatoms. The molecule has 1 aliphatic rings. The predicted octanol–water partition coefficient (Wildman–Crippen LogP) is 21.5. The Labute approximate surface area is 485 Å². The molecule has 1 aliphatic carbocycles. The molecule has 0 spiro atoms. The summed E-state index contributed by atoms with van der Waals surface area (Å²) in [6.07, 6.45) is 29.2. The van der Waals surface area contributed by atoms with Crippen molar-refractivity contribution in [1.82, 2.24) is 4.57 Å². The first-order valence-corrected chi connectivity index (χ1v) is 30.3. The maximum Gasteiger partial charge on any atom is 0.0547 e. The lowest BCUT2D eigenvalue weighted by Gasteiger charge is -2.33. The summed E-state index contributed by atoms with van der Waals surface area (Å²) in [5.41, 5.74) is 21.2. The molecule has 0 saturated carbocycles. The lowest BCUT2D eigenvalue weighted by Crippen LogP contribution is -2.25. The highest BCUT2D eigenvalue weighted by atomic mass is 15.1. The number of nitrogens with zero attached hydrogens (tertiary/aromatic N) is 2. The van der Waals surface area contributed by atoms with E-state index in [4.69, 9.17) is 6.42 Å². The first-order valence-electron chi connectivity index (χ1n) is 30.3. The van der Waals surface area contributed by atoms with Crippen molar-refractivity contribution in [1.29, 1.82) is 0 Å². The van der Waals surface area contributed by atoms with Gasteiger partial charge in [-0.15, -0.1) is 6.42 Å². The standard InChI is InChI=1S/C79H78N2/c1-6-9-12-15-18-20-23-28-55-79(56-29-24-21-19-16-13-10-7-2)75-57-61(5)35-52-71(75)72-53-42-65(58-76(72)79)63-38-48-68(49-39-63)80(67-44-33-60(4)34-45-67)69-50-40-64(41-51-69)66-43-54-74-73-31-26-27-32-77(73)81(78(74)59-66)70-46-36-62(37-47-70)30-25-22-17-14-11-8-3/h3,26-27,31-54,57-59H,6-7,9-10,12-13,15-16,18-21,23-24,28-29,55-56H2,1-2,4-5H3. The van der Waals surface area contributed by atoms with Crippen molar-refractivity contribution in [3.05, 3.63) is 204 Å². The van der Waals surface area contributed by atoms with Crippen LogP contribution in [0.3, 0.4) is 0 Å². The highest BCUT2D eigenvalue weighted by Crippen LogP contribution is 2.55. The topological polar surface area (TPSA) is 8.17 Å². The molecule has 0 amide bonds. The maximum absolute atomic E-state index is 5.20. The zero-order chi connectivity index (χ0) is 55.8. The van der Waals surface area contributed by atoms with Gasteiger partial charge in [-0.25, -0.2) is 0 Å². The highest BCUT2D eigenvalue weighted by Gasteiger charge is 2.42. The van der Waals surface area contributed by atoms with E-state index in [0.717, 1.165) is 50.5 Å². The van der Waals surface area contributed by atoms with E-state index < -0.39 is 0 Å². The van der Waals surface area contributed by atoms with Crippen LogP contribution in [0.4, 0.5) is 17.1 Å². The molecular weight excluding hydrogens is 977 g/mol. The van der Waals surface area contributed by atoms with Crippen LogP contribution in [0.25, 0.3) is 60.9 Å². The lowest BCUT2D eigenvalue weighted by molar-refractivity contribution is 0.397. The number of hydrogen-bond acceptors (Lipinski definition) is 1. The van der Waals surface area contributed by atoms with E-state index in [9.17, 15) is 0 Å². The number of aryl methyl sites for hydroxylation is 2. The molecule has 1 heterocycles. The molecule has 404 valence electrons. The van der Waals surface area contributed by atoms with Crippen molar-refractivity contribution in [2.45, 2.75) is 149 Å². The van der Waals surface area contributed by atoms with Crippen molar-refractivity contribution in [2.75, 3.05) is 4.90 Å². The summed E-state index contributed by atoms with van der Waals surface area (Å²) in [6.45, 7) is 9.09. The second-order valence-electron chi connectivity index (χ2n) is 22.6. The van der Waals surface area contributed by atoms with Crippen LogP contribution in [-0.4, -0.2) is 4.57 Å². The molecule has 8 aromatic carbocycles. The Morgan fingerprint density at radius 3 is 1.48 bits per heavy atom. The Balaban J connectivity index is 0.938. The molecule has 0 bridgehead atoms. The SMILES string of the molecule is C#CC#CC#CC#Cc1ccc(-n2c3ccccc3c3ccc(-c4ccc(N(c5ccc(C)cc5)c5ccc(-c6ccc7c(c6)C(CCCCCCCCCC)(CCCCCCCCCC)c6cc(C)ccc6-7)cc5)cc4)cc32)cc1. The van der Waals surface area contributed by atoms with Crippen molar-refractivity contribution >= 4 is 38.9 Å². The Hall–Kier alpha value is -8.40. The van der Waals surface area contributed by atoms with Crippen LogP contribution < -0.4 is 4.90 Å². The van der Waals surface area contributed by atoms with Gasteiger partial charge in [0.2, 0.25) is 0 Å². The molecule has 0 radical (unpaired) electrons. The summed E-state index contributed by atoms with van der Waals surface area (Å²) >= 11 is 0. The number of fused-ring (bicyclic) bond motifs is 6. The number of para-hydroxylation sites is 1. The average molecular weight is 1060 g/mol. The molecule has 2 nitrogen and oxygen atoms in total. The molecule has 81 heavy (non-hydrogen) atoms. The second kappa shape index (κ2) is 27.2. The molecule has 1 aromatic heterocycles. The van der Waals surface area contributed by atoms with E-state index in [0.29, 0.717) is 0 Å². The summed E-state index contributed by atoms with van der Waals surface area (Å²) in [4.78, 5) is 2.39. The normalized spacial score (nSPS) is 11.9.